The number of likely N-dealkylation sites (tertiary alicyclic amines) is 1. The monoisotopic (exact) mass is 298 g/mol. The second kappa shape index (κ2) is 6.30. The van der Waals surface area contributed by atoms with E-state index in [2.05, 4.69) is 0 Å². The summed E-state index contributed by atoms with van der Waals surface area (Å²) in [4.78, 5) is 22.2. The van der Waals surface area contributed by atoms with E-state index in [1.807, 2.05) is 0 Å². The number of benzene rings is 1. The highest BCUT2D eigenvalue weighted by Crippen LogP contribution is 2.34. The molecule has 1 aromatic carbocycles. The van der Waals surface area contributed by atoms with Crippen LogP contribution in [-0.4, -0.2) is 36.7 Å². The molecule has 0 saturated carbocycles. The van der Waals surface area contributed by atoms with Crippen LogP contribution >= 0.6 is 0 Å². The van der Waals surface area contributed by atoms with E-state index in [1.165, 1.54) is 24.3 Å². The van der Waals surface area contributed by atoms with Crippen molar-refractivity contribution in [1.82, 2.24) is 4.48 Å². The molecule has 1 aliphatic heterocycles. The van der Waals surface area contributed by atoms with Gasteiger partial charge in [-0.05, 0) is 18.6 Å². The minimum Gasteiger partial charge on any atom is -0.435 e. The Morgan fingerprint density at radius 3 is 2.62 bits per heavy atom. The number of hydrogen-bond acceptors (Lipinski definition) is 2. The minimum atomic E-state index is -1.10. The van der Waals surface area contributed by atoms with Gasteiger partial charge in [0, 0.05) is 30.9 Å². The molecule has 2 rings (SSSR count). The largest absolute Gasteiger partial charge is 0.518 e. The van der Waals surface area contributed by atoms with Gasteiger partial charge >= 0.3 is 6.09 Å². The van der Waals surface area contributed by atoms with Crippen molar-refractivity contribution in [2.75, 3.05) is 13.1 Å². The number of nitrogens with zero attached hydrogens (tertiary/aromatic N) is 1. The van der Waals surface area contributed by atoms with Crippen LogP contribution < -0.4 is 4.48 Å². The molecule has 0 aromatic heterocycles. The number of quaternary nitrogens is 1. The maximum atomic E-state index is 14.0. The summed E-state index contributed by atoms with van der Waals surface area (Å²) in [5.41, 5.74) is 0.437. The Labute approximate surface area is 121 Å². The highest BCUT2D eigenvalue weighted by atomic mass is 19.1. The summed E-state index contributed by atoms with van der Waals surface area (Å²) in [5.74, 6) is -0.926. The van der Waals surface area contributed by atoms with Crippen molar-refractivity contribution >= 4 is 18.1 Å². The molecule has 21 heavy (non-hydrogen) atoms. The number of halogens is 2. The molecule has 0 radical (unpaired) electrons. The summed E-state index contributed by atoms with van der Waals surface area (Å²) in [6.07, 6.45) is -0.796. The van der Waals surface area contributed by atoms with Gasteiger partial charge in [0.05, 0.1) is 13.1 Å². The zero-order chi connectivity index (χ0) is 15.5. The Morgan fingerprint density at radius 1 is 1.38 bits per heavy atom. The van der Waals surface area contributed by atoms with Crippen molar-refractivity contribution in [1.29, 1.82) is 0 Å². The van der Waals surface area contributed by atoms with Gasteiger partial charge in [-0.25, -0.2) is 8.78 Å². The Balaban J connectivity index is 2.31. The van der Waals surface area contributed by atoms with Crippen LogP contribution in [-0.2, 0) is 4.79 Å². The highest BCUT2D eigenvalue weighted by molar-refractivity contribution is 5.81. The number of aldehydes is 1. The van der Waals surface area contributed by atoms with Gasteiger partial charge < -0.3 is 9.90 Å². The van der Waals surface area contributed by atoms with Crippen LogP contribution in [0.25, 0.3) is 0 Å². The molecule has 6 heteroatoms. The molecule has 1 aliphatic rings. The van der Waals surface area contributed by atoms with Crippen LogP contribution in [0, 0.1) is 11.7 Å². The smallest absolute Gasteiger partial charge is 0.435 e. The minimum absolute atomic E-state index is 0.0793. The predicted octanol–water partition coefficient (Wildman–Crippen LogP) is 3.15. The fourth-order valence-electron chi connectivity index (χ4n) is 2.98. The normalized spacial score (nSPS) is 29.0. The molecule has 0 spiro atoms. The SMILES string of the molecule is O=CCCC1C[N+](C(=O)O)(c2ccc(F)cc2)CCC1F. The molecular weight excluding hydrogens is 280 g/mol. The fraction of sp³-hybridized carbons (Fsp3) is 0.467. The number of amides is 1. The lowest BCUT2D eigenvalue weighted by atomic mass is 9.89. The lowest BCUT2D eigenvalue weighted by Gasteiger charge is -2.40. The molecule has 114 valence electrons. The van der Waals surface area contributed by atoms with Gasteiger partial charge in [-0.2, -0.15) is 9.28 Å². The number of rotatable bonds is 4. The van der Waals surface area contributed by atoms with Gasteiger partial charge in [0.2, 0.25) is 0 Å². The lowest BCUT2D eigenvalue weighted by molar-refractivity contribution is -0.108. The molecule has 1 aromatic rings. The van der Waals surface area contributed by atoms with E-state index in [0.29, 0.717) is 18.4 Å². The molecule has 3 unspecified atom stereocenters. The number of hydrogen-bond donors (Lipinski definition) is 1. The molecule has 3 atom stereocenters. The zero-order valence-electron chi connectivity index (χ0n) is 11.5. The van der Waals surface area contributed by atoms with Crippen LogP contribution in [0.15, 0.2) is 24.3 Å². The number of carboxylic acid groups (broad SMARTS) is 1. The summed E-state index contributed by atoms with van der Waals surface area (Å²) in [7, 11) is 0. The molecule has 0 aliphatic carbocycles. The number of piperidine rings is 1. The third kappa shape index (κ3) is 3.10. The van der Waals surface area contributed by atoms with E-state index in [-0.39, 0.29) is 25.9 Å². The van der Waals surface area contributed by atoms with E-state index >= 15 is 0 Å². The van der Waals surface area contributed by atoms with Crippen LogP contribution in [0.4, 0.5) is 19.3 Å². The molecular formula is C15H18F2NO3+. The van der Waals surface area contributed by atoms with E-state index in [0.717, 1.165) is 0 Å². The molecule has 1 amide bonds. The third-order valence-corrected chi connectivity index (χ3v) is 4.19. The van der Waals surface area contributed by atoms with Gasteiger partial charge in [-0.1, -0.05) is 0 Å². The van der Waals surface area contributed by atoms with Crippen molar-refractivity contribution in [3.8, 4) is 0 Å². The van der Waals surface area contributed by atoms with Crippen molar-refractivity contribution in [3.05, 3.63) is 30.1 Å². The predicted molar refractivity (Wildman–Crippen MR) is 74.3 cm³/mol. The first-order valence-electron chi connectivity index (χ1n) is 6.94. The molecule has 1 N–H and O–H groups in total. The standard InChI is InChI=1S/C15H17F2NO3/c16-12-3-5-13(6-4-12)18(15(20)21)8-7-14(17)11(10-18)2-1-9-19/h3-6,9,11,14H,1-2,7-8,10H2/p+1. The summed E-state index contributed by atoms with van der Waals surface area (Å²) in [6.45, 7) is 0.204. The van der Waals surface area contributed by atoms with Gasteiger partial charge in [0.15, 0.2) is 0 Å². The van der Waals surface area contributed by atoms with Gasteiger partial charge in [0.1, 0.15) is 24.0 Å². The van der Waals surface area contributed by atoms with Gasteiger partial charge in [0.25, 0.3) is 0 Å². The fourth-order valence-corrected chi connectivity index (χ4v) is 2.98. The Kier molecular flexibility index (Phi) is 4.67. The van der Waals surface area contributed by atoms with E-state index in [4.69, 9.17) is 0 Å². The van der Waals surface area contributed by atoms with Crippen LogP contribution in [0.2, 0.25) is 0 Å². The molecule has 1 saturated heterocycles. The first kappa shape index (κ1) is 15.6. The maximum Gasteiger partial charge on any atom is 0.518 e. The van der Waals surface area contributed by atoms with Crippen LogP contribution in [0.3, 0.4) is 0 Å². The average Bonchev–Trinajstić information content (AvgIpc) is 2.47. The highest BCUT2D eigenvalue weighted by Gasteiger charge is 2.47. The quantitative estimate of drug-likeness (QED) is 0.686. The van der Waals surface area contributed by atoms with E-state index < -0.39 is 28.5 Å². The van der Waals surface area contributed by atoms with Crippen molar-refractivity contribution in [2.45, 2.75) is 25.4 Å². The molecule has 0 bridgehead atoms. The first-order chi connectivity index (χ1) is 9.99. The zero-order valence-corrected chi connectivity index (χ0v) is 11.5. The third-order valence-electron chi connectivity index (χ3n) is 4.19. The van der Waals surface area contributed by atoms with E-state index in [9.17, 15) is 23.5 Å². The maximum absolute atomic E-state index is 14.0. The van der Waals surface area contributed by atoms with E-state index in [1.54, 1.807) is 0 Å². The van der Waals surface area contributed by atoms with Gasteiger partial charge in [-0.15, -0.1) is 0 Å². The molecule has 1 fully saturated rings. The first-order valence-corrected chi connectivity index (χ1v) is 6.94. The summed E-state index contributed by atoms with van der Waals surface area (Å²) in [6, 6.07) is 5.28. The number of alkyl halides is 1. The van der Waals surface area contributed by atoms with Crippen LogP contribution in [0.5, 0.6) is 0 Å². The van der Waals surface area contributed by atoms with Crippen molar-refractivity contribution in [2.24, 2.45) is 5.92 Å². The average molecular weight is 298 g/mol. The topological polar surface area (TPSA) is 54.4 Å². The second-order valence-electron chi connectivity index (χ2n) is 5.44. The summed E-state index contributed by atoms with van der Waals surface area (Å²) >= 11 is 0. The number of carbonyl (C=O) groups is 2. The summed E-state index contributed by atoms with van der Waals surface area (Å²) in [5, 5.41) is 9.63. The number of carbonyl (C=O) groups excluding carboxylic acids is 1. The van der Waals surface area contributed by atoms with Crippen LogP contribution in [0.1, 0.15) is 19.3 Å². The summed E-state index contributed by atoms with van der Waals surface area (Å²) < 4.78 is 26.6. The Hall–Kier alpha value is -1.82. The molecule has 4 nitrogen and oxygen atoms in total. The Bertz CT molecular complexity index is 520. The lowest BCUT2D eigenvalue weighted by Crippen LogP contribution is -2.61. The van der Waals surface area contributed by atoms with Gasteiger partial charge in [-0.3, -0.25) is 0 Å². The van der Waals surface area contributed by atoms with Crippen molar-refractivity contribution < 1.29 is 23.5 Å². The second-order valence-corrected chi connectivity index (χ2v) is 5.44. The van der Waals surface area contributed by atoms with Crippen molar-refractivity contribution in [3.63, 3.8) is 0 Å². The molecule has 1 heterocycles. The Morgan fingerprint density at radius 2 is 2.05 bits per heavy atom.